The Morgan fingerprint density at radius 2 is 1.84 bits per heavy atom. The summed E-state index contributed by atoms with van der Waals surface area (Å²) in [5, 5.41) is 3.38. The Bertz CT molecular complexity index is 950. The van der Waals surface area contributed by atoms with Gasteiger partial charge in [0.25, 0.3) is 0 Å². The number of hydrogen-bond acceptors (Lipinski definition) is 4. The van der Waals surface area contributed by atoms with Crippen LogP contribution >= 0.6 is 24.0 Å². The minimum atomic E-state index is -3.19. The number of guanidine groups is 1. The van der Waals surface area contributed by atoms with Crippen LogP contribution in [0, 0.1) is 5.92 Å². The Labute approximate surface area is 203 Å². The molecule has 0 spiro atoms. The number of nitrogens with zero attached hydrogens (tertiary/aromatic N) is 2. The highest BCUT2D eigenvalue weighted by Gasteiger charge is 2.28. The minimum absolute atomic E-state index is 0. The van der Waals surface area contributed by atoms with Crippen LogP contribution in [-0.2, 0) is 9.84 Å². The monoisotopic (exact) mass is 557 g/mol. The van der Waals surface area contributed by atoms with Crippen molar-refractivity contribution in [2.45, 2.75) is 24.2 Å². The Morgan fingerprint density at radius 3 is 2.42 bits per heavy atom. The van der Waals surface area contributed by atoms with E-state index in [2.05, 4.69) is 52.5 Å². The number of piperidine rings is 1. The van der Waals surface area contributed by atoms with Crippen LogP contribution in [0.25, 0.3) is 0 Å². The number of ether oxygens (including phenoxy) is 1. The zero-order chi connectivity index (χ0) is 21.6. The first-order chi connectivity index (χ1) is 14.4. The predicted octanol–water partition coefficient (Wildman–Crippen LogP) is 3.79. The summed E-state index contributed by atoms with van der Waals surface area (Å²) < 4.78 is 28.8. The Hall–Kier alpha value is -1.81. The van der Waals surface area contributed by atoms with Gasteiger partial charge in [0.1, 0.15) is 12.4 Å². The fourth-order valence-electron chi connectivity index (χ4n) is 3.98. The lowest BCUT2D eigenvalue weighted by Crippen LogP contribution is -2.48. The van der Waals surface area contributed by atoms with Crippen LogP contribution in [0.4, 0.5) is 0 Å². The topological polar surface area (TPSA) is 71.0 Å². The average Bonchev–Trinajstić information content (AvgIpc) is 2.74. The molecule has 31 heavy (non-hydrogen) atoms. The molecule has 0 saturated carbocycles. The molecule has 2 aromatic rings. The molecule has 1 fully saturated rings. The van der Waals surface area contributed by atoms with Gasteiger partial charge in [0, 0.05) is 26.4 Å². The first kappa shape index (κ1) is 25.5. The van der Waals surface area contributed by atoms with Crippen LogP contribution in [0.5, 0.6) is 5.75 Å². The quantitative estimate of drug-likeness (QED) is 0.254. The van der Waals surface area contributed by atoms with E-state index in [1.54, 1.807) is 31.3 Å². The van der Waals surface area contributed by atoms with Crippen LogP contribution < -0.4 is 10.1 Å². The second-order valence-electron chi connectivity index (χ2n) is 7.80. The molecule has 3 rings (SSSR count). The third-order valence-electron chi connectivity index (χ3n) is 5.55. The third-order valence-corrected chi connectivity index (χ3v) is 6.68. The molecule has 1 aliphatic rings. The molecule has 6 nitrogen and oxygen atoms in total. The van der Waals surface area contributed by atoms with Gasteiger partial charge in [0.15, 0.2) is 15.8 Å². The molecule has 0 bridgehead atoms. The minimum Gasteiger partial charge on any atom is -0.492 e. The van der Waals surface area contributed by atoms with E-state index in [1.165, 1.54) is 11.8 Å². The van der Waals surface area contributed by atoms with E-state index in [0.29, 0.717) is 35.6 Å². The zero-order valence-corrected chi connectivity index (χ0v) is 21.5. The SMILES string of the molecule is CN=C(NCCOc1ccc(S(C)(=O)=O)cc1)N1CCC(c2ccccc2)C(C)C1.I. The Balaban J connectivity index is 0.00000341. The molecule has 1 aliphatic heterocycles. The van der Waals surface area contributed by atoms with Gasteiger partial charge in [-0.2, -0.15) is 0 Å². The van der Waals surface area contributed by atoms with Crippen molar-refractivity contribution in [3.05, 3.63) is 60.2 Å². The highest BCUT2D eigenvalue weighted by molar-refractivity contribution is 14.0. The molecule has 0 aliphatic carbocycles. The van der Waals surface area contributed by atoms with Crippen molar-refractivity contribution in [1.29, 1.82) is 0 Å². The van der Waals surface area contributed by atoms with Gasteiger partial charge >= 0.3 is 0 Å². The standard InChI is InChI=1S/C23H31N3O3S.HI/c1-18-17-26(15-13-22(18)19-7-5-4-6-8-19)23(24-2)25-14-16-29-20-9-11-21(12-10-20)30(3,27)28;/h4-12,18,22H,13-17H2,1-3H3,(H,24,25);1H. The molecule has 0 aromatic heterocycles. The fourth-order valence-corrected chi connectivity index (χ4v) is 4.61. The van der Waals surface area contributed by atoms with Gasteiger partial charge in [0.05, 0.1) is 11.4 Å². The Morgan fingerprint density at radius 1 is 1.16 bits per heavy atom. The summed E-state index contributed by atoms with van der Waals surface area (Å²) in [6, 6.07) is 17.2. The van der Waals surface area contributed by atoms with Gasteiger partial charge in [-0.25, -0.2) is 8.42 Å². The maximum atomic E-state index is 11.5. The largest absolute Gasteiger partial charge is 0.492 e. The summed E-state index contributed by atoms with van der Waals surface area (Å²) >= 11 is 0. The second kappa shape index (κ2) is 11.7. The van der Waals surface area contributed by atoms with Crippen molar-refractivity contribution in [3.8, 4) is 5.75 Å². The van der Waals surface area contributed by atoms with Gasteiger partial charge in [-0.3, -0.25) is 4.99 Å². The highest BCUT2D eigenvalue weighted by atomic mass is 127. The van der Waals surface area contributed by atoms with E-state index in [0.717, 1.165) is 25.5 Å². The predicted molar refractivity (Wildman–Crippen MR) is 136 cm³/mol. The average molecular weight is 557 g/mol. The van der Waals surface area contributed by atoms with Gasteiger partial charge < -0.3 is 15.0 Å². The van der Waals surface area contributed by atoms with Crippen LogP contribution in [0.15, 0.2) is 64.5 Å². The van der Waals surface area contributed by atoms with E-state index >= 15 is 0 Å². The smallest absolute Gasteiger partial charge is 0.193 e. The van der Waals surface area contributed by atoms with Crippen LogP contribution in [-0.4, -0.2) is 58.8 Å². The van der Waals surface area contributed by atoms with Crippen molar-refractivity contribution in [1.82, 2.24) is 10.2 Å². The first-order valence-corrected chi connectivity index (χ1v) is 12.2. The van der Waals surface area contributed by atoms with E-state index in [-0.39, 0.29) is 24.0 Å². The maximum Gasteiger partial charge on any atom is 0.193 e. The normalized spacial score (nSPS) is 19.5. The number of halogens is 1. The van der Waals surface area contributed by atoms with E-state index in [1.807, 2.05) is 0 Å². The van der Waals surface area contributed by atoms with Crippen LogP contribution in [0.1, 0.15) is 24.8 Å². The molecule has 0 amide bonds. The summed E-state index contributed by atoms with van der Waals surface area (Å²) in [6.07, 6.45) is 2.30. The van der Waals surface area contributed by atoms with E-state index in [9.17, 15) is 8.42 Å². The van der Waals surface area contributed by atoms with Crippen molar-refractivity contribution in [3.63, 3.8) is 0 Å². The summed E-state index contributed by atoms with van der Waals surface area (Å²) in [7, 11) is -1.38. The molecule has 1 heterocycles. The first-order valence-electron chi connectivity index (χ1n) is 10.3. The van der Waals surface area contributed by atoms with Crippen molar-refractivity contribution >= 4 is 39.8 Å². The molecular formula is C23H32IN3O3S. The zero-order valence-electron chi connectivity index (χ0n) is 18.3. The van der Waals surface area contributed by atoms with Crippen molar-refractivity contribution < 1.29 is 13.2 Å². The third kappa shape index (κ3) is 7.10. The lowest BCUT2D eigenvalue weighted by molar-refractivity contribution is 0.232. The molecule has 2 atom stereocenters. The number of aliphatic imine (C=N–C) groups is 1. The van der Waals surface area contributed by atoms with Gasteiger partial charge in [-0.15, -0.1) is 24.0 Å². The molecule has 8 heteroatoms. The molecular weight excluding hydrogens is 525 g/mol. The summed E-state index contributed by atoms with van der Waals surface area (Å²) in [6.45, 7) is 5.32. The van der Waals surface area contributed by atoms with E-state index in [4.69, 9.17) is 4.74 Å². The summed E-state index contributed by atoms with van der Waals surface area (Å²) in [5.41, 5.74) is 1.42. The Kier molecular flexibility index (Phi) is 9.61. The number of benzene rings is 2. The van der Waals surface area contributed by atoms with Crippen LogP contribution in [0.3, 0.4) is 0 Å². The lowest BCUT2D eigenvalue weighted by atomic mass is 9.82. The molecule has 0 radical (unpaired) electrons. The fraction of sp³-hybridized carbons (Fsp3) is 0.435. The summed E-state index contributed by atoms with van der Waals surface area (Å²) in [4.78, 5) is 7.04. The molecule has 170 valence electrons. The maximum absolute atomic E-state index is 11.5. The number of nitrogens with one attached hydrogen (secondary N) is 1. The molecule has 2 unspecified atom stereocenters. The van der Waals surface area contributed by atoms with Crippen molar-refractivity contribution in [2.75, 3.05) is 39.5 Å². The van der Waals surface area contributed by atoms with Gasteiger partial charge in [-0.1, -0.05) is 37.3 Å². The van der Waals surface area contributed by atoms with E-state index < -0.39 is 9.84 Å². The number of sulfone groups is 1. The van der Waals surface area contributed by atoms with Gasteiger partial charge in [0.2, 0.25) is 0 Å². The van der Waals surface area contributed by atoms with Crippen molar-refractivity contribution in [2.24, 2.45) is 10.9 Å². The van der Waals surface area contributed by atoms with Gasteiger partial charge in [-0.05, 0) is 48.1 Å². The molecule has 1 N–H and O–H groups in total. The number of hydrogen-bond donors (Lipinski definition) is 1. The number of rotatable bonds is 6. The molecule has 1 saturated heterocycles. The summed E-state index contributed by atoms with van der Waals surface area (Å²) in [5.74, 6) is 2.67. The lowest BCUT2D eigenvalue weighted by Gasteiger charge is -2.38. The number of likely N-dealkylation sites (tertiary alicyclic amines) is 1. The highest BCUT2D eigenvalue weighted by Crippen LogP contribution is 2.32. The second-order valence-corrected chi connectivity index (χ2v) is 9.81. The molecule has 2 aromatic carbocycles. The van der Waals surface area contributed by atoms with Crippen LogP contribution in [0.2, 0.25) is 0 Å².